The normalized spacial score (nSPS) is 12.7. The largest absolute Gasteiger partial charge is 0.389 e. The zero-order chi connectivity index (χ0) is 13.9. The zero-order valence-corrected chi connectivity index (χ0v) is 12.9. The molecule has 1 atom stereocenters. The second-order valence-electron chi connectivity index (χ2n) is 4.79. The fraction of sp³-hybridized carbons (Fsp3) is 0.176. The number of rotatable bonds is 4. The van der Waals surface area contributed by atoms with Crippen LogP contribution in [0.5, 0.6) is 0 Å². The quantitative estimate of drug-likeness (QED) is 0.664. The highest BCUT2D eigenvalue weighted by Crippen LogP contribution is 2.31. The van der Waals surface area contributed by atoms with Gasteiger partial charge in [0.15, 0.2) is 0 Å². The van der Waals surface area contributed by atoms with E-state index in [1.54, 1.807) is 6.92 Å². The maximum absolute atomic E-state index is 9.51. The highest BCUT2D eigenvalue weighted by molar-refractivity contribution is 7.98. The molecular formula is C17H16OS2. The molecule has 0 aliphatic carbocycles. The second kappa shape index (κ2) is 6.00. The minimum Gasteiger partial charge on any atom is -0.389 e. The molecule has 0 saturated heterocycles. The van der Waals surface area contributed by atoms with Crippen LogP contribution < -0.4 is 0 Å². The number of hydrogen-bond donors (Lipinski definition) is 1. The van der Waals surface area contributed by atoms with E-state index in [0.717, 1.165) is 11.3 Å². The molecule has 1 nitrogen and oxygen atoms in total. The smallest absolute Gasteiger partial charge is 0.0761 e. The highest BCUT2D eigenvalue weighted by Gasteiger charge is 2.05. The first-order valence-corrected chi connectivity index (χ1v) is 8.46. The molecule has 1 heterocycles. The molecule has 3 heteroatoms. The summed E-state index contributed by atoms with van der Waals surface area (Å²) in [5.41, 5.74) is 2.37. The van der Waals surface area contributed by atoms with Gasteiger partial charge in [-0.05, 0) is 47.0 Å². The van der Waals surface area contributed by atoms with E-state index in [4.69, 9.17) is 0 Å². The minimum absolute atomic E-state index is 0.394. The molecule has 102 valence electrons. The van der Waals surface area contributed by atoms with Crippen LogP contribution >= 0.6 is 23.1 Å². The number of thioether (sulfide) groups is 1. The van der Waals surface area contributed by atoms with E-state index in [-0.39, 0.29) is 0 Å². The molecule has 1 unspecified atom stereocenters. The van der Waals surface area contributed by atoms with E-state index < -0.39 is 6.10 Å². The summed E-state index contributed by atoms with van der Waals surface area (Å²) in [7, 11) is 0. The number of hydrogen-bond acceptors (Lipinski definition) is 3. The van der Waals surface area contributed by atoms with Gasteiger partial charge in [0.1, 0.15) is 0 Å². The van der Waals surface area contributed by atoms with Gasteiger partial charge >= 0.3 is 0 Å². The molecule has 0 aliphatic heterocycles. The summed E-state index contributed by atoms with van der Waals surface area (Å²) >= 11 is 3.65. The van der Waals surface area contributed by atoms with Gasteiger partial charge in [0.05, 0.1) is 6.10 Å². The molecule has 0 saturated carbocycles. The Morgan fingerprint density at radius 1 is 1.10 bits per heavy atom. The van der Waals surface area contributed by atoms with Crippen LogP contribution in [-0.2, 0) is 5.75 Å². The average Bonchev–Trinajstić information content (AvgIpc) is 2.89. The van der Waals surface area contributed by atoms with E-state index >= 15 is 0 Å². The van der Waals surface area contributed by atoms with Gasteiger partial charge < -0.3 is 5.11 Å². The predicted octanol–water partition coefficient (Wildman–Crippen LogP) is 5.25. The number of aliphatic hydroxyl groups is 1. The third-order valence-electron chi connectivity index (χ3n) is 3.32. The third kappa shape index (κ3) is 2.90. The molecule has 0 fully saturated rings. The summed E-state index contributed by atoms with van der Waals surface area (Å²) in [6.45, 7) is 1.79. The Kier molecular flexibility index (Phi) is 4.10. The van der Waals surface area contributed by atoms with Crippen LogP contribution in [0, 0.1) is 0 Å². The number of fused-ring (bicyclic) bond motifs is 1. The molecule has 2 aromatic carbocycles. The van der Waals surface area contributed by atoms with E-state index in [1.807, 2.05) is 35.2 Å². The van der Waals surface area contributed by atoms with Crippen molar-refractivity contribution in [2.75, 3.05) is 0 Å². The van der Waals surface area contributed by atoms with Crippen LogP contribution in [0.1, 0.15) is 24.2 Å². The topological polar surface area (TPSA) is 20.2 Å². The lowest BCUT2D eigenvalue weighted by atomic mass is 10.1. The number of aliphatic hydroxyl groups excluding tert-OH is 1. The summed E-state index contributed by atoms with van der Waals surface area (Å²) in [5.74, 6) is 0.984. The molecule has 3 aromatic rings. The molecule has 0 radical (unpaired) electrons. The van der Waals surface area contributed by atoms with Crippen LogP contribution in [0.3, 0.4) is 0 Å². The Morgan fingerprint density at radius 3 is 2.60 bits per heavy atom. The summed E-state index contributed by atoms with van der Waals surface area (Å²) < 4.78 is 1.35. The van der Waals surface area contributed by atoms with Crippen molar-refractivity contribution in [2.45, 2.75) is 23.7 Å². The maximum atomic E-state index is 9.51. The summed E-state index contributed by atoms with van der Waals surface area (Å²) in [6.07, 6.45) is -0.394. The van der Waals surface area contributed by atoms with Crippen LogP contribution in [0.25, 0.3) is 10.1 Å². The summed E-state index contributed by atoms with van der Waals surface area (Å²) in [5, 5.41) is 13.1. The SMILES string of the molecule is CC(O)c1ccc(SCc2csc3ccccc23)cc1. The lowest BCUT2D eigenvalue weighted by Crippen LogP contribution is -1.89. The zero-order valence-electron chi connectivity index (χ0n) is 11.2. The molecule has 20 heavy (non-hydrogen) atoms. The third-order valence-corrected chi connectivity index (χ3v) is 5.39. The fourth-order valence-electron chi connectivity index (χ4n) is 2.15. The Morgan fingerprint density at radius 2 is 1.85 bits per heavy atom. The van der Waals surface area contributed by atoms with Crippen molar-refractivity contribution in [3.63, 3.8) is 0 Å². The number of thiophene rings is 1. The summed E-state index contributed by atoms with van der Waals surface area (Å²) in [6, 6.07) is 16.7. The Labute approximate surface area is 127 Å². The fourth-order valence-corrected chi connectivity index (χ4v) is 4.11. The first-order valence-electron chi connectivity index (χ1n) is 6.60. The van der Waals surface area contributed by atoms with E-state index in [1.165, 1.54) is 20.5 Å². The van der Waals surface area contributed by atoms with Gasteiger partial charge in [0.2, 0.25) is 0 Å². The van der Waals surface area contributed by atoms with Crippen LogP contribution in [0.4, 0.5) is 0 Å². The maximum Gasteiger partial charge on any atom is 0.0761 e. The van der Waals surface area contributed by atoms with Crippen LogP contribution in [0.2, 0.25) is 0 Å². The van der Waals surface area contributed by atoms with Crippen molar-refractivity contribution in [3.8, 4) is 0 Å². The monoisotopic (exact) mass is 300 g/mol. The second-order valence-corrected chi connectivity index (χ2v) is 6.75. The van der Waals surface area contributed by atoms with Gasteiger partial charge in [-0.25, -0.2) is 0 Å². The lowest BCUT2D eigenvalue weighted by Gasteiger charge is -2.06. The van der Waals surface area contributed by atoms with E-state index in [2.05, 4.69) is 41.8 Å². The standard InChI is InChI=1S/C17H16OS2/c1-12(18)13-6-8-15(9-7-13)19-10-14-11-20-17-5-3-2-4-16(14)17/h2-9,11-12,18H,10H2,1H3. The van der Waals surface area contributed by atoms with E-state index in [9.17, 15) is 5.11 Å². The molecule has 3 rings (SSSR count). The highest BCUT2D eigenvalue weighted by atomic mass is 32.2. The Hall–Kier alpha value is -1.29. The molecule has 1 aromatic heterocycles. The van der Waals surface area contributed by atoms with Gasteiger partial charge in [-0.1, -0.05) is 30.3 Å². The molecular weight excluding hydrogens is 284 g/mol. The summed E-state index contributed by atoms with van der Waals surface area (Å²) in [4.78, 5) is 1.24. The van der Waals surface area contributed by atoms with Crippen molar-refractivity contribution < 1.29 is 5.11 Å². The van der Waals surface area contributed by atoms with Gasteiger partial charge in [0.25, 0.3) is 0 Å². The van der Waals surface area contributed by atoms with Gasteiger partial charge in [-0.3, -0.25) is 0 Å². The Balaban J connectivity index is 1.73. The molecule has 1 N–H and O–H groups in total. The van der Waals surface area contributed by atoms with Crippen molar-refractivity contribution in [3.05, 3.63) is 65.0 Å². The van der Waals surface area contributed by atoms with Crippen molar-refractivity contribution in [1.29, 1.82) is 0 Å². The minimum atomic E-state index is -0.394. The lowest BCUT2D eigenvalue weighted by molar-refractivity contribution is 0.199. The Bertz CT molecular complexity index is 698. The molecule has 0 aliphatic rings. The first-order chi connectivity index (χ1) is 9.74. The van der Waals surface area contributed by atoms with Crippen molar-refractivity contribution in [1.82, 2.24) is 0 Å². The number of benzene rings is 2. The van der Waals surface area contributed by atoms with Gasteiger partial charge in [-0.15, -0.1) is 23.1 Å². The average molecular weight is 300 g/mol. The van der Waals surface area contributed by atoms with Crippen molar-refractivity contribution >= 4 is 33.2 Å². The predicted molar refractivity (Wildman–Crippen MR) is 88.5 cm³/mol. The molecule has 0 spiro atoms. The van der Waals surface area contributed by atoms with Crippen molar-refractivity contribution in [2.24, 2.45) is 0 Å². The van der Waals surface area contributed by atoms with Gasteiger partial charge in [0, 0.05) is 15.3 Å². The van der Waals surface area contributed by atoms with Gasteiger partial charge in [-0.2, -0.15) is 0 Å². The van der Waals surface area contributed by atoms with Crippen LogP contribution in [0.15, 0.2) is 58.8 Å². The first kappa shape index (κ1) is 13.7. The molecule has 0 bridgehead atoms. The van der Waals surface area contributed by atoms with E-state index in [0.29, 0.717) is 0 Å². The van der Waals surface area contributed by atoms with Crippen LogP contribution in [-0.4, -0.2) is 5.11 Å². The molecule has 0 amide bonds.